The third kappa shape index (κ3) is 2.32. The van der Waals surface area contributed by atoms with Gasteiger partial charge in [0, 0.05) is 13.5 Å². The Morgan fingerprint density at radius 2 is 2.30 bits per heavy atom. The number of amides is 2. The summed E-state index contributed by atoms with van der Waals surface area (Å²) in [6, 6.07) is 7.48. The van der Waals surface area contributed by atoms with Gasteiger partial charge in [-0.15, -0.1) is 5.10 Å². The highest BCUT2D eigenvalue weighted by Crippen LogP contribution is 2.14. The van der Waals surface area contributed by atoms with Crippen molar-refractivity contribution in [2.75, 3.05) is 0 Å². The minimum absolute atomic E-state index is 0.0856. The standard InChI is InChI=1S/C13H14N4O2S/c1-17-9-4-2-3-5-10(9)20-13(17)16-15-12(19)8-6-7-11(18)14-8/h2-5,8H,6-7H2,1H3,(H,14,18)(H,15,19)/b16-13+. The maximum absolute atomic E-state index is 11.9. The van der Waals surface area contributed by atoms with Gasteiger partial charge < -0.3 is 9.88 Å². The molecule has 0 aliphatic carbocycles. The van der Waals surface area contributed by atoms with Gasteiger partial charge in [0.15, 0.2) is 0 Å². The van der Waals surface area contributed by atoms with Crippen LogP contribution in [0.25, 0.3) is 10.2 Å². The molecule has 1 atom stereocenters. The van der Waals surface area contributed by atoms with E-state index < -0.39 is 6.04 Å². The molecular formula is C13H14N4O2S. The lowest BCUT2D eigenvalue weighted by molar-refractivity contribution is -0.125. The molecule has 1 aliphatic heterocycles. The fraction of sp³-hybridized carbons (Fsp3) is 0.308. The van der Waals surface area contributed by atoms with Crippen LogP contribution in [-0.2, 0) is 16.6 Å². The summed E-state index contributed by atoms with van der Waals surface area (Å²) in [5, 5.41) is 6.76. The number of aryl methyl sites for hydroxylation is 1. The van der Waals surface area contributed by atoms with Gasteiger partial charge in [-0.3, -0.25) is 9.59 Å². The molecule has 0 bridgehead atoms. The lowest BCUT2D eigenvalue weighted by Crippen LogP contribution is -2.40. The van der Waals surface area contributed by atoms with Gasteiger partial charge in [-0.1, -0.05) is 23.5 Å². The van der Waals surface area contributed by atoms with E-state index >= 15 is 0 Å². The summed E-state index contributed by atoms with van der Waals surface area (Å²) in [5.41, 5.74) is 3.59. The Balaban J connectivity index is 1.82. The molecule has 1 aromatic carbocycles. The molecule has 1 aromatic heterocycles. The summed E-state index contributed by atoms with van der Waals surface area (Å²) >= 11 is 1.50. The first kappa shape index (κ1) is 12.9. The average molecular weight is 290 g/mol. The fourth-order valence-corrected chi connectivity index (χ4v) is 3.16. The highest BCUT2D eigenvalue weighted by atomic mass is 32.1. The molecule has 20 heavy (non-hydrogen) atoms. The number of thiazole rings is 1. The normalized spacial score (nSPS) is 19.4. The molecule has 1 saturated heterocycles. The number of carbonyl (C=O) groups excluding carboxylic acids is 2. The molecule has 2 heterocycles. The lowest BCUT2D eigenvalue weighted by Gasteiger charge is -2.06. The summed E-state index contributed by atoms with van der Waals surface area (Å²) in [4.78, 5) is 23.7. The van der Waals surface area contributed by atoms with Gasteiger partial charge in [0.05, 0.1) is 10.2 Å². The Labute approximate surface area is 119 Å². The van der Waals surface area contributed by atoms with Crippen LogP contribution < -0.4 is 15.5 Å². The molecule has 6 nitrogen and oxygen atoms in total. The van der Waals surface area contributed by atoms with Gasteiger partial charge in [0.25, 0.3) is 5.91 Å². The summed E-state index contributed by atoms with van der Waals surface area (Å²) in [7, 11) is 1.90. The van der Waals surface area contributed by atoms with E-state index in [4.69, 9.17) is 0 Å². The Morgan fingerprint density at radius 3 is 3.00 bits per heavy atom. The molecule has 2 N–H and O–H groups in total. The molecule has 1 aliphatic rings. The monoisotopic (exact) mass is 290 g/mol. The second-order valence-corrected chi connectivity index (χ2v) is 5.67. The average Bonchev–Trinajstić information content (AvgIpc) is 3.01. The number of para-hydroxylation sites is 1. The van der Waals surface area contributed by atoms with Crippen molar-refractivity contribution in [1.82, 2.24) is 15.3 Å². The lowest BCUT2D eigenvalue weighted by atomic mass is 10.2. The molecule has 1 fully saturated rings. The Kier molecular flexibility index (Phi) is 3.27. The number of hydrogen-bond donors (Lipinski definition) is 2. The van der Waals surface area contributed by atoms with Gasteiger partial charge >= 0.3 is 0 Å². The van der Waals surface area contributed by atoms with E-state index in [1.54, 1.807) is 0 Å². The quantitative estimate of drug-likeness (QED) is 0.788. The summed E-state index contributed by atoms with van der Waals surface area (Å²) in [5.74, 6) is -0.356. The van der Waals surface area contributed by atoms with Crippen molar-refractivity contribution < 1.29 is 9.59 Å². The van der Waals surface area contributed by atoms with Crippen LogP contribution in [-0.4, -0.2) is 22.4 Å². The largest absolute Gasteiger partial charge is 0.344 e. The van der Waals surface area contributed by atoms with Crippen molar-refractivity contribution in [2.45, 2.75) is 18.9 Å². The zero-order valence-electron chi connectivity index (χ0n) is 10.9. The minimum Gasteiger partial charge on any atom is -0.344 e. The van der Waals surface area contributed by atoms with Crippen molar-refractivity contribution in [3.63, 3.8) is 0 Å². The van der Waals surface area contributed by atoms with Crippen molar-refractivity contribution >= 4 is 33.4 Å². The topological polar surface area (TPSA) is 75.5 Å². The molecule has 0 saturated carbocycles. The van der Waals surface area contributed by atoms with Crippen LogP contribution in [0.5, 0.6) is 0 Å². The fourth-order valence-electron chi connectivity index (χ4n) is 2.18. The first-order valence-corrected chi connectivity index (χ1v) is 7.14. The van der Waals surface area contributed by atoms with Crippen LogP contribution in [0.3, 0.4) is 0 Å². The highest BCUT2D eigenvalue weighted by molar-refractivity contribution is 7.16. The Bertz CT molecular complexity index is 746. The molecule has 0 spiro atoms. The molecule has 2 aromatic rings. The van der Waals surface area contributed by atoms with Crippen molar-refractivity contribution in [2.24, 2.45) is 12.1 Å². The predicted molar refractivity (Wildman–Crippen MR) is 75.7 cm³/mol. The Hall–Kier alpha value is -2.15. The zero-order chi connectivity index (χ0) is 14.1. The smallest absolute Gasteiger partial charge is 0.262 e. The molecule has 7 heteroatoms. The van der Waals surface area contributed by atoms with Crippen molar-refractivity contribution in [3.05, 3.63) is 29.1 Å². The van der Waals surface area contributed by atoms with E-state index in [-0.39, 0.29) is 11.8 Å². The second kappa shape index (κ2) is 5.09. The minimum atomic E-state index is -0.467. The van der Waals surface area contributed by atoms with E-state index in [2.05, 4.69) is 15.8 Å². The van der Waals surface area contributed by atoms with E-state index in [0.717, 1.165) is 10.2 Å². The number of nitrogens with zero attached hydrogens (tertiary/aromatic N) is 2. The molecule has 104 valence electrons. The molecule has 3 rings (SSSR count). The molecule has 1 unspecified atom stereocenters. The van der Waals surface area contributed by atoms with Crippen LogP contribution in [0.1, 0.15) is 12.8 Å². The van der Waals surface area contributed by atoms with E-state index in [9.17, 15) is 9.59 Å². The number of hydrogen-bond acceptors (Lipinski definition) is 4. The van der Waals surface area contributed by atoms with Gasteiger partial charge in [-0.05, 0) is 18.6 Å². The van der Waals surface area contributed by atoms with Crippen LogP contribution in [0.4, 0.5) is 0 Å². The van der Waals surface area contributed by atoms with E-state index in [1.165, 1.54) is 11.3 Å². The van der Waals surface area contributed by atoms with Crippen LogP contribution in [0, 0.1) is 0 Å². The summed E-state index contributed by atoms with van der Waals surface area (Å²) in [6.07, 6.45) is 0.924. The maximum atomic E-state index is 11.9. The van der Waals surface area contributed by atoms with Crippen LogP contribution in [0.2, 0.25) is 0 Å². The van der Waals surface area contributed by atoms with Crippen LogP contribution >= 0.6 is 11.3 Å². The summed E-state index contributed by atoms with van der Waals surface area (Å²) < 4.78 is 3.03. The van der Waals surface area contributed by atoms with Crippen molar-refractivity contribution in [3.8, 4) is 0 Å². The van der Waals surface area contributed by atoms with Gasteiger partial charge in [-0.2, -0.15) is 0 Å². The number of nitrogens with one attached hydrogen (secondary N) is 2. The Morgan fingerprint density at radius 1 is 1.50 bits per heavy atom. The third-order valence-electron chi connectivity index (χ3n) is 3.29. The van der Waals surface area contributed by atoms with Crippen LogP contribution in [0.15, 0.2) is 29.4 Å². The predicted octanol–water partition coefficient (Wildman–Crippen LogP) is 0.450. The third-order valence-corrected chi connectivity index (χ3v) is 4.40. The number of carbonyl (C=O) groups is 2. The van der Waals surface area contributed by atoms with Gasteiger partial charge in [0.1, 0.15) is 6.04 Å². The highest BCUT2D eigenvalue weighted by Gasteiger charge is 2.26. The molecule has 2 amide bonds. The van der Waals surface area contributed by atoms with E-state index in [1.807, 2.05) is 35.9 Å². The number of rotatable bonds is 2. The molecule has 0 radical (unpaired) electrons. The number of fused-ring (bicyclic) bond motifs is 1. The van der Waals surface area contributed by atoms with E-state index in [0.29, 0.717) is 17.6 Å². The van der Waals surface area contributed by atoms with Crippen molar-refractivity contribution in [1.29, 1.82) is 0 Å². The summed E-state index contributed by atoms with van der Waals surface area (Å²) in [6.45, 7) is 0. The first-order valence-electron chi connectivity index (χ1n) is 6.32. The maximum Gasteiger partial charge on any atom is 0.262 e. The second-order valence-electron chi connectivity index (χ2n) is 4.66. The van der Waals surface area contributed by atoms with Gasteiger partial charge in [0.2, 0.25) is 10.7 Å². The number of benzene rings is 1. The molecular weight excluding hydrogens is 276 g/mol. The zero-order valence-corrected chi connectivity index (χ0v) is 11.7. The first-order chi connectivity index (χ1) is 9.65. The van der Waals surface area contributed by atoms with Gasteiger partial charge in [-0.25, -0.2) is 5.43 Å². The number of aromatic nitrogens is 1. The SMILES string of the molecule is Cn1/c(=N\NC(=O)C2CCC(=O)N2)sc2ccccc21.